The van der Waals surface area contributed by atoms with Crippen LogP contribution in [0.5, 0.6) is 0 Å². The molecule has 6 heteroatoms. The maximum Gasteiger partial charge on any atom is 0.303 e. The number of rotatable bonds is 5. The number of halogens is 2. The summed E-state index contributed by atoms with van der Waals surface area (Å²) >= 11 is 5.71. The second-order valence-electron chi connectivity index (χ2n) is 3.39. The van der Waals surface area contributed by atoms with Gasteiger partial charge in [0.2, 0.25) is 5.91 Å². The number of carbonyl (C=O) groups is 2. The second-order valence-corrected chi connectivity index (χ2v) is 3.80. The minimum Gasteiger partial charge on any atom is -0.481 e. The van der Waals surface area contributed by atoms with Gasteiger partial charge in [-0.2, -0.15) is 0 Å². The summed E-state index contributed by atoms with van der Waals surface area (Å²) in [6.07, 6.45) is 0.114. The van der Waals surface area contributed by atoms with Crippen LogP contribution in [-0.4, -0.2) is 17.0 Å². The topological polar surface area (TPSA) is 66.4 Å². The predicted molar refractivity (Wildman–Crippen MR) is 61.5 cm³/mol. The molecule has 0 aromatic heterocycles. The Labute approximate surface area is 102 Å². The van der Waals surface area contributed by atoms with Crippen LogP contribution in [0, 0.1) is 5.82 Å². The van der Waals surface area contributed by atoms with Crippen LogP contribution in [0.15, 0.2) is 18.2 Å². The van der Waals surface area contributed by atoms with Crippen LogP contribution in [-0.2, 0) is 9.59 Å². The van der Waals surface area contributed by atoms with E-state index >= 15 is 0 Å². The molecule has 17 heavy (non-hydrogen) atoms. The lowest BCUT2D eigenvalue weighted by Crippen LogP contribution is -2.13. The molecule has 1 aromatic carbocycles. The van der Waals surface area contributed by atoms with E-state index in [0.29, 0.717) is 0 Å². The Morgan fingerprint density at radius 2 is 2.06 bits per heavy atom. The fourth-order valence-corrected chi connectivity index (χ4v) is 1.43. The van der Waals surface area contributed by atoms with Crippen LogP contribution in [0.3, 0.4) is 0 Å². The maximum absolute atomic E-state index is 13.3. The number of hydrogen-bond acceptors (Lipinski definition) is 2. The Kier molecular flexibility index (Phi) is 4.90. The number of para-hydroxylation sites is 1. The van der Waals surface area contributed by atoms with Gasteiger partial charge in [-0.25, -0.2) is 4.39 Å². The molecule has 0 aliphatic rings. The molecule has 1 aromatic rings. The monoisotopic (exact) mass is 259 g/mol. The van der Waals surface area contributed by atoms with Gasteiger partial charge in [0.1, 0.15) is 5.82 Å². The van der Waals surface area contributed by atoms with Crippen LogP contribution in [0.2, 0.25) is 5.02 Å². The Morgan fingerprint density at radius 1 is 1.35 bits per heavy atom. The lowest BCUT2D eigenvalue weighted by atomic mass is 10.2. The lowest BCUT2D eigenvalue weighted by Gasteiger charge is -2.07. The van der Waals surface area contributed by atoms with E-state index in [4.69, 9.17) is 16.7 Å². The third kappa shape index (κ3) is 4.40. The Bertz CT molecular complexity index is 416. The Morgan fingerprint density at radius 3 is 2.65 bits per heavy atom. The van der Waals surface area contributed by atoms with Gasteiger partial charge >= 0.3 is 5.97 Å². The number of nitrogens with one attached hydrogen (secondary N) is 1. The molecule has 0 aliphatic carbocycles. The summed E-state index contributed by atoms with van der Waals surface area (Å²) in [5.41, 5.74) is -0.0745. The van der Waals surface area contributed by atoms with Crippen LogP contribution in [0.4, 0.5) is 10.1 Å². The van der Waals surface area contributed by atoms with Gasteiger partial charge in [0.25, 0.3) is 0 Å². The number of carboxylic acids is 1. The van der Waals surface area contributed by atoms with Gasteiger partial charge in [0.05, 0.1) is 10.7 Å². The van der Waals surface area contributed by atoms with E-state index in [1.807, 2.05) is 0 Å². The zero-order valence-electron chi connectivity index (χ0n) is 8.87. The first kappa shape index (κ1) is 13.4. The largest absolute Gasteiger partial charge is 0.481 e. The molecule has 0 atom stereocenters. The first-order valence-electron chi connectivity index (χ1n) is 4.96. The number of carboxylic acid groups (broad SMARTS) is 1. The summed E-state index contributed by atoms with van der Waals surface area (Å²) in [7, 11) is 0. The molecule has 0 saturated heterocycles. The summed E-state index contributed by atoms with van der Waals surface area (Å²) in [5.74, 6) is -2.05. The number of hydrogen-bond donors (Lipinski definition) is 2. The van der Waals surface area contributed by atoms with Gasteiger partial charge in [0, 0.05) is 12.8 Å². The van der Waals surface area contributed by atoms with E-state index < -0.39 is 17.7 Å². The highest BCUT2D eigenvalue weighted by molar-refractivity contribution is 6.33. The molecule has 0 radical (unpaired) electrons. The molecule has 0 saturated carbocycles. The number of amides is 1. The highest BCUT2D eigenvalue weighted by Crippen LogP contribution is 2.24. The zero-order chi connectivity index (χ0) is 12.8. The molecule has 0 unspecified atom stereocenters. The van der Waals surface area contributed by atoms with Crippen molar-refractivity contribution in [3.05, 3.63) is 29.0 Å². The summed E-state index contributed by atoms with van der Waals surface area (Å²) in [4.78, 5) is 21.6. The van der Waals surface area contributed by atoms with Crippen molar-refractivity contribution in [1.29, 1.82) is 0 Å². The Hall–Kier alpha value is -1.62. The minimum atomic E-state index is -0.971. The molecule has 0 fully saturated rings. The predicted octanol–water partition coefficient (Wildman–Crippen LogP) is 2.67. The van der Waals surface area contributed by atoms with Crippen molar-refractivity contribution in [2.24, 2.45) is 0 Å². The molecule has 0 aliphatic heterocycles. The SMILES string of the molecule is O=C(O)CCCC(=O)Nc1c(F)cccc1Cl. The smallest absolute Gasteiger partial charge is 0.303 e. The fourth-order valence-electron chi connectivity index (χ4n) is 1.22. The van der Waals surface area contributed by atoms with Crippen molar-refractivity contribution in [1.82, 2.24) is 0 Å². The van der Waals surface area contributed by atoms with Gasteiger partial charge < -0.3 is 10.4 Å². The summed E-state index contributed by atoms with van der Waals surface area (Å²) in [6, 6.07) is 4.06. The van der Waals surface area contributed by atoms with Crippen molar-refractivity contribution in [3.8, 4) is 0 Å². The highest BCUT2D eigenvalue weighted by atomic mass is 35.5. The lowest BCUT2D eigenvalue weighted by molar-refractivity contribution is -0.137. The molecular formula is C11H11ClFNO3. The van der Waals surface area contributed by atoms with E-state index in [1.54, 1.807) is 0 Å². The molecular weight excluding hydrogens is 249 g/mol. The van der Waals surface area contributed by atoms with Gasteiger partial charge in [-0.1, -0.05) is 17.7 Å². The van der Waals surface area contributed by atoms with Crippen LogP contribution >= 0.6 is 11.6 Å². The molecule has 0 heterocycles. The van der Waals surface area contributed by atoms with Gasteiger partial charge in [0.15, 0.2) is 0 Å². The van der Waals surface area contributed by atoms with E-state index in [-0.39, 0.29) is 30.0 Å². The first-order chi connectivity index (χ1) is 8.00. The van der Waals surface area contributed by atoms with Crippen LogP contribution in [0.1, 0.15) is 19.3 Å². The van der Waals surface area contributed by atoms with Gasteiger partial charge in [-0.05, 0) is 18.6 Å². The van der Waals surface area contributed by atoms with Gasteiger partial charge in [-0.3, -0.25) is 9.59 Å². The molecule has 4 nitrogen and oxygen atoms in total. The summed E-state index contributed by atoms with van der Waals surface area (Å²) < 4.78 is 13.3. The average molecular weight is 260 g/mol. The third-order valence-corrected chi connectivity index (χ3v) is 2.34. The Balaban J connectivity index is 2.53. The molecule has 0 spiro atoms. The van der Waals surface area contributed by atoms with Gasteiger partial charge in [-0.15, -0.1) is 0 Å². The number of anilines is 1. The van der Waals surface area contributed by atoms with Crippen molar-refractivity contribution in [2.75, 3.05) is 5.32 Å². The van der Waals surface area contributed by atoms with E-state index in [0.717, 1.165) is 0 Å². The molecule has 92 valence electrons. The van der Waals surface area contributed by atoms with Crippen LogP contribution < -0.4 is 5.32 Å². The second kappa shape index (κ2) is 6.20. The summed E-state index contributed by atoms with van der Waals surface area (Å²) in [6.45, 7) is 0. The van der Waals surface area contributed by atoms with E-state index in [2.05, 4.69) is 5.32 Å². The minimum absolute atomic E-state index is 0.0109. The van der Waals surface area contributed by atoms with Crippen LogP contribution in [0.25, 0.3) is 0 Å². The fraction of sp³-hybridized carbons (Fsp3) is 0.273. The maximum atomic E-state index is 13.3. The number of carbonyl (C=O) groups excluding carboxylic acids is 1. The van der Waals surface area contributed by atoms with E-state index in [9.17, 15) is 14.0 Å². The average Bonchev–Trinajstić information content (AvgIpc) is 2.23. The first-order valence-corrected chi connectivity index (χ1v) is 5.34. The van der Waals surface area contributed by atoms with Crippen molar-refractivity contribution in [2.45, 2.75) is 19.3 Å². The molecule has 1 rings (SSSR count). The molecule has 1 amide bonds. The third-order valence-electron chi connectivity index (χ3n) is 2.02. The van der Waals surface area contributed by atoms with Crippen molar-refractivity contribution in [3.63, 3.8) is 0 Å². The molecule has 0 bridgehead atoms. The number of benzene rings is 1. The highest BCUT2D eigenvalue weighted by Gasteiger charge is 2.10. The standard InChI is InChI=1S/C11H11ClFNO3/c12-7-3-1-4-8(13)11(7)14-9(15)5-2-6-10(16)17/h1,3-4H,2,5-6H2,(H,14,15)(H,16,17). The summed E-state index contributed by atoms with van der Waals surface area (Å²) in [5, 5.41) is 10.8. The quantitative estimate of drug-likeness (QED) is 0.854. The number of aliphatic carboxylic acids is 1. The zero-order valence-corrected chi connectivity index (χ0v) is 9.63. The van der Waals surface area contributed by atoms with Crippen molar-refractivity contribution < 1.29 is 19.1 Å². The van der Waals surface area contributed by atoms with Crippen molar-refractivity contribution >= 4 is 29.2 Å². The molecule has 2 N–H and O–H groups in total. The normalized spacial score (nSPS) is 10.0. The van der Waals surface area contributed by atoms with E-state index in [1.165, 1.54) is 18.2 Å².